The molecule has 2 aliphatic heterocycles. The second-order valence-corrected chi connectivity index (χ2v) is 6.43. The van der Waals surface area contributed by atoms with Crippen LogP contribution < -0.4 is 0 Å². The van der Waals surface area contributed by atoms with Crippen LogP contribution in [-0.4, -0.2) is 51.1 Å². The molecular formula is C16H26N4O2. The van der Waals surface area contributed by atoms with Gasteiger partial charge in [0.25, 0.3) is 0 Å². The van der Waals surface area contributed by atoms with Gasteiger partial charge < -0.3 is 9.32 Å². The highest BCUT2D eigenvalue weighted by molar-refractivity contribution is 5.76. The van der Waals surface area contributed by atoms with Gasteiger partial charge in [0, 0.05) is 32.0 Å². The highest BCUT2D eigenvalue weighted by Gasteiger charge is 2.41. The number of amides is 1. The molecule has 0 spiro atoms. The summed E-state index contributed by atoms with van der Waals surface area (Å²) in [5.74, 6) is 1.59. The predicted molar refractivity (Wildman–Crippen MR) is 82.2 cm³/mol. The maximum Gasteiger partial charge on any atom is 0.233 e. The first kappa shape index (κ1) is 15.5. The number of hydrogen-bond donors (Lipinski definition) is 0. The fraction of sp³-hybridized carbons (Fsp3) is 0.812. The Kier molecular flexibility index (Phi) is 4.47. The zero-order chi connectivity index (χ0) is 15.7. The zero-order valence-electron chi connectivity index (χ0n) is 13.8. The lowest BCUT2D eigenvalue weighted by Crippen LogP contribution is -2.48. The number of carbonyl (C=O) groups excluding carboxylic acids is 1. The molecule has 22 heavy (non-hydrogen) atoms. The largest absolute Gasteiger partial charge is 0.424 e. The third-order valence-corrected chi connectivity index (χ3v) is 5.10. The molecule has 6 heteroatoms. The van der Waals surface area contributed by atoms with E-state index in [0.29, 0.717) is 30.3 Å². The minimum atomic E-state index is 0.118. The molecule has 0 aromatic carbocycles. The van der Waals surface area contributed by atoms with Gasteiger partial charge in [0.05, 0.1) is 6.04 Å². The van der Waals surface area contributed by atoms with Gasteiger partial charge in [0.1, 0.15) is 0 Å². The van der Waals surface area contributed by atoms with E-state index in [2.05, 4.69) is 26.9 Å². The van der Waals surface area contributed by atoms with Gasteiger partial charge in [0.2, 0.25) is 17.7 Å². The molecule has 6 nitrogen and oxygen atoms in total. The Morgan fingerprint density at radius 1 is 1.27 bits per heavy atom. The Bertz CT molecular complexity index is 530. The van der Waals surface area contributed by atoms with Crippen molar-refractivity contribution < 1.29 is 9.21 Å². The molecule has 3 atom stereocenters. The number of nitrogens with zero attached hydrogens (tertiary/aromatic N) is 4. The molecule has 122 valence electrons. The normalized spacial score (nSPS) is 27.5. The van der Waals surface area contributed by atoms with Gasteiger partial charge in [0.15, 0.2) is 0 Å². The van der Waals surface area contributed by atoms with E-state index in [1.54, 1.807) is 0 Å². The molecular weight excluding hydrogens is 280 g/mol. The highest BCUT2D eigenvalue weighted by Crippen LogP contribution is 2.35. The molecule has 0 radical (unpaired) electrons. The third-order valence-electron chi connectivity index (χ3n) is 5.10. The van der Waals surface area contributed by atoms with E-state index in [1.807, 2.05) is 13.8 Å². The van der Waals surface area contributed by atoms with E-state index in [1.165, 1.54) is 6.42 Å². The smallest absolute Gasteiger partial charge is 0.233 e. The summed E-state index contributed by atoms with van der Waals surface area (Å²) in [4.78, 5) is 16.8. The van der Waals surface area contributed by atoms with Crippen LogP contribution in [0.15, 0.2) is 4.42 Å². The second kappa shape index (κ2) is 6.36. The van der Waals surface area contributed by atoms with Crippen molar-refractivity contribution in [1.29, 1.82) is 0 Å². The lowest BCUT2D eigenvalue weighted by Gasteiger charge is -2.37. The van der Waals surface area contributed by atoms with Crippen molar-refractivity contribution in [1.82, 2.24) is 20.0 Å². The van der Waals surface area contributed by atoms with Crippen molar-refractivity contribution in [3.63, 3.8) is 0 Å². The van der Waals surface area contributed by atoms with Crippen molar-refractivity contribution >= 4 is 5.91 Å². The van der Waals surface area contributed by atoms with Crippen molar-refractivity contribution in [3.8, 4) is 0 Å². The molecule has 2 saturated heterocycles. The number of rotatable bonds is 4. The summed E-state index contributed by atoms with van der Waals surface area (Å²) in [6, 6.07) is 0.884. The summed E-state index contributed by atoms with van der Waals surface area (Å²) < 4.78 is 5.62. The van der Waals surface area contributed by atoms with Gasteiger partial charge in [-0.25, -0.2) is 0 Å². The van der Waals surface area contributed by atoms with Crippen LogP contribution in [0.3, 0.4) is 0 Å². The van der Waals surface area contributed by atoms with Crippen LogP contribution in [0.2, 0.25) is 0 Å². The number of carbonyl (C=O) groups is 1. The molecule has 2 aliphatic rings. The second-order valence-electron chi connectivity index (χ2n) is 6.43. The molecule has 0 saturated carbocycles. The summed E-state index contributed by atoms with van der Waals surface area (Å²) >= 11 is 0. The Labute approximate surface area is 131 Å². The average molecular weight is 306 g/mol. The minimum absolute atomic E-state index is 0.118. The van der Waals surface area contributed by atoms with E-state index >= 15 is 0 Å². The first-order chi connectivity index (χ1) is 10.6. The average Bonchev–Trinajstić information content (AvgIpc) is 3.24. The van der Waals surface area contributed by atoms with Crippen molar-refractivity contribution in [2.24, 2.45) is 0 Å². The fourth-order valence-corrected chi connectivity index (χ4v) is 4.04. The molecule has 0 bridgehead atoms. The molecule has 0 N–H and O–H groups in total. The molecule has 1 amide bonds. The lowest BCUT2D eigenvalue weighted by molar-refractivity contribution is -0.132. The number of aromatic nitrogens is 2. The van der Waals surface area contributed by atoms with Crippen LogP contribution in [0.1, 0.15) is 63.8 Å². The van der Waals surface area contributed by atoms with E-state index in [9.17, 15) is 4.79 Å². The van der Waals surface area contributed by atoms with Crippen LogP contribution in [0.4, 0.5) is 0 Å². The van der Waals surface area contributed by atoms with Gasteiger partial charge in [-0.15, -0.1) is 10.2 Å². The van der Waals surface area contributed by atoms with Crippen molar-refractivity contribution in [3.05, 3.63) is 11.8 Å². The van der Waals surface area contributed by atoms with Gasteiger partial charge in [-0.05, 0) is 39.2 Å². The first-order valence-corrected chi connectivity index (χ1v) is 8.47. The quantitative estimate of drug-likeness (QED) is 0.854. The Balaban J connectivity index is 1.76. The topological polar surface area (TPSA) is 62.5 Å². The monoisotopic (exact) mass is 306 g/mol. The van der Waals surface area contributed by atoms with Gasteiger partial charge in [-0.2, -0.15) is 0 Å². The van der Waals surface area contributed by atoms with Crippen molar-refractivity contribution in [2.45, 2.75) is 71.0 Å². The maximum absolute atomic E-state index is 12.2. The molecule has 1 aromatic rings. The fourth-order valence-electron chi connectivity index (χ4n) is 4.04. The summed E-state index contributed by atoms with van der Waals surface area (Å²) in [6.07, 6.45) is 5.15. The van der Waals surface area contributed by atoms with E-state index in [-0.39, 0.29) is 11.9 Å². The Morgan fingerprint density at radius 3 is 2.68 bits per heavy atom. The van der Waals surface area contributed by atoms with E-state index in [0.717, 1.165) is 32.4 Å². The van der Waals surface area contributed by atoms with Crippen LogP contribution in [-0.2, 0) is 4.79 Å². The maximum atomic E-state index is 12.2. The molecule has 3 heterocycles. The zero-order valence-corrected chi connectivity index (χ0v) is 13.8. The molecule has 1 aromatic heterocycles. The predicted octanol–water partition coefficient (Wildman–Crippen LogP) is 2.30. The van der Waals surface area contributed by atoms with E-state index < -0.39 is 0 Å². The van der Waals surface area contributed by atoms with Crippen LogP contribution in [0.25, 0.3) is 0 Å². The summed E-state index contributed by atoms with van der Waals surface area (Å²) in [5.41, 5.74) is 0. The molecule has 2 fully saturated rings. The molecule has 3 rings (SSSR count). The number of hydrogen-bond acceptors (Lipinski definition) is 5. The summed E-state index contributed by atoms with van der Waals surface area (Å²) in [6.45, 7) is 7.86. The number of likely N-dealkylation sites (tertiary alicyclic amines) is 2. The molecule has 0 unspecified atom stereocenters. The van der Waals surface area contributed by atoms with Gasteiger partial charge >= 0.3 is 0 Å². The third kappa shape index (κ3) is 2.76. The van der Waals surface area contributed by atoms with Crippen LogP contribution in [0, 0.1) is 6.92 Å². The van der Waals surface area contributed by atoms with Crippen molar-refractivity contribution in [2.75, 3.05) is 13.1 Å². The van der Waals surface area contributed by atoms with Gasteiger partial charge in [-0.1, -0.05) is 6.92 Å². The summed E-state index contributed by atoms with van der Waals surface area (Å²) in [5, 5.41) is 8.13. The number of aryl methyl sites for hydroxylation is 1. The van der Waals surface area contributed by atoms with Crippen LogP contribution in [0.5, 0.6) is 0 Å². The molecule has 0 aliphatic carbocycles. The Morgan fingerprint density at radius 2 is 2.00 bits per heavy atom. The standard InChI is InChI=1S/C16H26N4O2/c1-4-15(21)20-10-6-8-14(20)13-7-5-9-19(13)11(2)16-18-17-12(3)22-16/h11,13-14H,4-10H2,1-3H3/t11-,13-,14+/m0/s1. The summed E-state index contributed by atoms with van der Waals surface area (Å²) in [7, 11) is 0. The Hall–Kier alpha value is -1.43. The van der Waals surface area contributed by atoms with E-state index in [4.69, 9.17) is 4.42 Å². The van der Waals surface area contributed by atoms with Gasteiger partial charge in [-0.3, -0.25) is 9.69 Å². The SMILES string of the molecule is CCC(=O)N1CCC[C@@H]1[C@@H]1CCCN1[C@@H](C)c1nnc(C)o1. The minimum Gasteiger partial charge on any atom is -0.424 e. The lowest BCUT2D eigenvalue weighted by atomic mass is 10.0. The highest BCUT2D eigenvalue weighted by atomic mass is 16.4. The van der Waals surface area contributed by atoms with Crippen LogP contribution >= 0.6 is 0 Å². The first-order valence-electron chi connectivity index (χ1n) is 8.47.